The number of fused-ring (bicyclic) bond motifs is 1. The second-order valence-corrected chi connectivity index (χ2v) is 5.47. The first-order chi connectivity index (χ1) is 11.2. The minimum absolute atomic E-state index is 0.278. The van der Waals surface area contributed by atoms with Gasteiger partial charge in [0.25, 0.3) is 0 Å². The molecular weight excluding hydrogens is 292 g/mol. The van der Waals surface area contributed by atoms with Gasteiger partial charge in [0.05, 0.1) is 24.7 Å². The van der Waals surface area contributed by atoms with Crippen molar-refractivity contribution in [2.75, 3.05) is 25.1 Å². The van der Waals surface area contributed by atoms with Gasteiger partial charge in [-0.1, -0.05) is 30.3 Å². The zero-order valence-electron chi connectivity index (χ0n) is 13.0. The standard InChI is InChI=1S/C17H20N4O2/c1-21(17-15-7-8-18-16(15)19-12-20-17)9-14(22)11-23-10-13-5-3-2-4-6-13/h2-8,12,14,22H,9-11H2,1H3,(H,18,19,20). The van der Waals surface area contributed by atoms with Gasteiger partial charge in [0.1, 0.15) is 17.8 Å². The smallest absolute Gasteiger partial charge is 0.142 e. The van der Waals surface area contributed by atoms with E-state index in [0.29, 0.717) is 13.2 Å². The molecule has 0 bridgehead atoms. The Labute approximate surface area is 134 Å². The van der Waals surface area contributed by atoms with E-state index in [9.17, 15) is 5.11 Å². The Kier molecular flexibility index (Phi) is 4.85. The van der Waals surface area contributed by atoms with Crippen LogP contribution in [0.5, 0.6) is 0 Å². The van der Waals surface area contributed by atoms with E-state index in [4.69, 9.17) is 4.74 Å². The molecule has 120 valence electrons. The SMILES string of the molecule is CN(CC(O)COCc1ccccc1)c1ncnc2[nH]ccc12. The fourth-order valence-corrected chi connectivity index (χ4v) is 2.51. The molecule has 0 saturated heterocycles. The first-order valence-corrected chi connectivity index (χ1v) is 7.53. The van der Waals surface area contributed by atoms with Crippen molar-refractivity contribution >= 4 is 16.9 Å². The third kappa shape index (κ3) is 3.85. The number of hydrogen-bond donors (Lipinski definition) is 2. The number of rotatable bonds is 7. The Morgan fingerprint density at radius 3 is 2.87 bits per heavy atom. The summed E-state index contributed by atoms with van der Waals surface area (Å²) in [6.45, 7) is 1.21. The van der Waals surface area contributed by atoms with Crippen LogP contribution in [0.1, 0.15) is 5.56 Å². The Bertz CT molecular complexity index is 744. The van der Waals surface area contributed by atoms with Crippen molar-refractivity contribution in [3.63, 3.8) is 0 Å². The molecule has 2 aromatic heterocycles. The molecule has 0 aliphatic carbocycles. The van der Waals surface area contributed by atoms with Crippen LogP contribution in [-0.4, -0.2) is 46.4 Å². The molecule has 3 rings (SSSR count). The maximum Gasteiger partial charge on any atom is 0.142 e. The van der Waals surface area contributed by atoms with Crippen molar-refractivity contribution in [3.05, 3.63) is 54.5 Å². The molecule has 0 fully saturated rings. The van der Waals surface area contributed by atoms with Gasteiger partial charge in [-0.3, -0.25) is 0 Å². The van der Waals surface area contributed by atoms with E-state index in [1.807, 2.05) is 54.5 Å². The summed E-state index contributed by atoms with van der Waals surface area (Å²) in [5, 5.41) is 11.1. The highest BCUT2D eigenvalue weighted by atomic mass is 16.5. The van der Waals surface area contributed by atoms with Crippen molar-refractivity contribution < 1.29 is 9.84 Å². The predicted molar refractivity (Wildman–Crippen MR) is 89.3 cm³/mol. The number of hydrogen-bond acceptors (Lipinski definition) is 5. The number of benzene rings is 1. The summed E-state index contributed by atoms with van der Waals surface area (Å²) in [6.07, 6.45) is 2.76. The molecule has 1 aromatic carbocycles. The lowest BCUT2D eigenvalue weighted by Crippen LogP contribution is -2.32. The largest absolute Gasteiger partial charge is 0.389 e. The van der Waals surface area contributed by atoms with Gasteiger partial charge in [-0.2, -0.15) is 0 Å². The lowest BCUT2D eigenvalue weighted by atomic mass is 10.2. The van der Waals surface area contributed by atoms with Crippen molar-refractivity contribution in [1.29, 1.82) is 0 Å². The maximum atomic E-state index is 10.2. The van der Waals surface area contributed by atoms with Gasteiger partial charge in [-0.15, -0.1) is 0 Å². The second kappa shape index (κ2) is 7.21. The minimum atomic E-state index is -0.590. The first-order valence-electron chi connectivity index (χ1n) is 7.53. The van der Waals surface area contributed by atoms with E-state index in [2.05, 4.69) is 15.0 Å². The number of ether oxygens (including phenoxy) is 1. The zero-order chi connectivity index (χ0) is 16.1. The van der Waals surface area contributed by atoms with E-state index >= 15 is 0 Å². The van der Waals surface area contributed by atoms with Crippen LogP contribution in [0.4, 0.5) is 5.82 Å². The van der Waals surface area contributed by atoms with Crippen LogP contribution in [-0.2, 0) is 11.3 Å². The average molecular weight is 312 g/mol. The van der Waals surface area contributed by atoms with E-state index in [-0.39, 0.29) is 6.61 Å². The van der Waals surface area contributed by atoms with Crippen LogP contribution in [0.3, 0.4) is 0 Å². The molecule has 0 aliphatic rings. The van der Waals surface area contributed by atoms with Gasteiger partial charge in [0, 0.05) is 19.8 Å². The fourth-order valence-electron chi connectivity index (χ4n) is 2.51. The van der Waals surface area contributed by atoms with Gasteiger partial charge in [0.2, 0.25) is 0 Å². The number of nitrogens with one attached hydrogen (secondary N) is 1. The highest BCUT2D eigenvalue weighted by Gasteiger charge is 2.13. The Balaban J connectivity index is 1.53. The van der Waals surface area contributed by atoms with Gasteiger partial charge >= 0.3 is 0 Å². The molecule has 0 aliphatic heterocycles. The van der Waals surface area contributed by atoms with E-state index in [1.165, 1.54) is 6.33 Å². The number of aromatic amines is 1. The zero-order valence-corrected chi connectivity index (χ0v) is 13.0. The molecule has 6 heteroatoms. The van der Waals surface area contributed by atoms with E-state index in [1.54, 1.807) is 0 Å². The molecule has 2 N–H and O–H groups in total. The van der Waals surface area contributed by atoms with Crippen LogP contribution in [0.15, 0.2) is 48.9 Å². The molecule has 0 radical (unpaired) electrons. The molecule has 1 atom stereocenters. The number of aliphatic hydroxyl groups excluding tert-OH is 1. The molecule has 0 spiro atoms. The highest BCUT2D eigenvalue weighted by molar-refractivity contribution is 5.87. The van der Waals surface area contributed by atoms with Gasteiger partial charge in [-0.05, 0) is 11.6 Å². The fraction of sp³-hybridized carbons (Fsp3) is 0.294. The normalized spacial score (nSPS) is 12.4. The van der Waals surface area contributed by atoms with Crippen molar-refractivity contribution in [2.24, 2.45) is 0 Å². The number of H-pyrrole nitrogens is 1. The summed E-state index contributed by atoms with van der Waals surface area (Å²) >= 11 is 0. The molecule has 2 heterocycles. The molecule has 0 amide bonds. The summed E-state index contributed by atoms with van der Waals surface area (Å²) in [5.74, 6) is 0.790. The molecule has 1 unspecified atom stereocenters. The van der Waals surface area contributed by atoms with Gasteiger partial charge < -0.3 is 19.7 Å². The summed E-state index contributed by atoms with van der Waals surface area (Å²) in [5.41, 5.74) is 1.88. The number of aromatic nitrogens is 3. The van der Waals surface area contributed by atoms with Crippen LogP contribution in [0.25, 0.3) is 11.0 Å². The van der Waals surface area contributed by atoms with Crippen LogP contribution < -0.4 is 4.90 Å². The number of likely N-dealkylation sites (N-methyl/N-ethyl adjacent to an activating group) is 1. The summed E-state index contributed by atoms with van der Waals surface area (Å²) in [6, 6.07) is 11.8. The number of anilines is 1. The summed E-state index contributed by atoms with van der Waals surface area (Å²) < 4.78 is 5.58. The van der Waals surface area contributed by atoms with Crippen LogP contribution in [0, 0.1) is 0 Å². The highest BCUT2D eigenvalue weighted by Crippen LogP contribution is 2.20. The summed E-state index contributed by atoms with van der Waals surface area (Å²) in [4.78, 5) is 13.4. The Hall–Kier alpha value is -2.44. The van der Waals surface area contributed by atoms with Crippen molar-refractivity contribution in [1.82, 2.24) is 15.0 Å². The first kappa shape index (κ1) is 15.5. The molecule has 3 aromatic rings. The van der Waals surface area contributed by atoms with Gasteiger partial charge in [0.15, 0.2) is 0 Å². The van der Waals surface area contributed by atoms with Crippen LogP contribution in [0.2, 0.25) is 0 Å². The third-order valence-electron chi connectivity index (χ3n) is 3.60. The second-order valence-electron chi connectivity index (χ2n) is 5.47. The Morgan fingerprint density at radius 2 is 2.04 bits per heavy atom. The molecule has 6 nitrogen and oxygen atoms in total. The predicted octanol–water partition coefficient (Wildman–Crippen LogP) is 1.97. The quantitative estimate of drug-likeness (QED) is 0.698. The van der Waals surface area contributed by atoms with E-state index in [0.717, 1.165) is 22.4 Å². The topological polar surface area (TPSA) is 74.3 Å². The van der Waals surface area contributed by atoms with Crippen LogP contribution >= 0.6 is 0 Å². The number of nitrogens with zero attached hydrogens (tertiary/aromatic N) is 3. The molecular formula is C17H20N4O2. The lowest BCUT2D eigenvalue weighted by Gasteiger charge is -2.22. The minimum Gasteiger partial charge on any atom is -0.389 e. The van der Waals surface area contributed by atoms with Gasteiger partial charge in [-0.25, -0.2) is 9.97 Å². The molecule has 23 heavy (non-hydrogen) atoms. The third-order valence-corrected chi connectivity index (χ3v) is 3.60. The monoisotopic (exact) mass is 312 g/mol. The van der Waals surface area contributed by atoms with Crippen molar-refractivity contribution in [3.8, 4) is 0 Å². The molecule has 0 saturated carbocycles. The maximum absolute atomic E-state index is 10.2. The average Bonchev–Trinajstić information content (AvgIpc) is 3.04. The van der Waals surface area contributed by atoms with E-state index < -0.39 is 6.10 Å². The Morgan fingerprint density at radius 1 is 1.22 bits per heavy atom. The van der Waals surface area contributed by atoms with Crippen molar-refractivity contribution in [2.45, 2.75) is 12.7 Å². The summed E-state index contributed by atoms with van der Waals surface area (Å²) in [7, 11) is 1.90. The lowest BCUT2D eigenvalue weighted by molar-refractivity contribution is 0.0324. The number of aliphatic hydroxyl groups is 1.